The van der Waals surface area contributed by atoms with Gasteiger partial charge in [0.05, 0.1) is 23.9 Å². The van der Waals surface area contributed by atoms with Gasteiger partial charge in [0.15, 0.2) is 0 Å². The van der Waals surface area contributed by atoms with Gasteiger partial charge in [0, 0.05) is 0 Å². The summed E-state index contributed by atoms with van der Waals surface area (Å²) in [4.78, 5) is 0. The zero-order valence-corrected chi connectivity index (χ0v) is 12.8. The topological polar surface area (TPSA) is 27.7 Å². The molecule has 0 spiro atoms. The Hall–Kier alpha value is -0.835. The molecule has 1 aromatic carbocycles. The molecule has 1 heterocycles. The molecule has 1 saturated carbocycles. The second-order valence-electron chi connectivity index (χ2n) is 6.84. The van der Waals surface area contributed by atoms with Gasteiger partial charge in [0.25, 0.3) is 0 Å². The van der Waals surface area contributed by atoms with E-state index in [4.69, 9.17) is 14.0 Å². The predicted molar refractivity (Wildman–Crippen MR) is 80.0 cm³/mol. The first kappa shape index (κ1) is 14.1. The maximum atomic E-state index is 6.04. The summed E-state index contributed by atoms with van der Waals surface area (Å²) in [5.41, 5.74) is 1.70. The summed E-state index contributed by atoms with van der Waals surface area (Å²) in [7, 11) is -0.279. The molecule has 0 aromatic heterocycles. The van der Waals surface area contributed by atoms with Gasteiger partial charge in [0.2, 0.25) is 0 Å². The molecular weight excluding hydrogens is 251 g/mol. The summed E-state index contributed by atoms with van der Waals surface area (Å²) < 4.78 is 17.8. The Bertz CT molecular complexity index is 461. The summed E-state index contributed by atoms with van der Waals surface area (Å²) >= 11 is 0. The molecule has 2 aliphatic rings. The lowest BCUT2D eigenvalue weighted by Crippen LogP contribution is -2.41. The SMILES string of the molecule is CC1(C)OB(c2ccc(COC3CC3)cc2)OC1(C)C. The zero-order valence-electron chi connectivity index (χ0n) is 12.8. The molecular formula is C16H23BO3. The van der Waals surface area contributed by atoms with Crippen LogP contribution in [-0.2, 0) is 20.7 Å². The normalized spacial score (nSPS) is 24.1. The average molecular weight is 274 g/mol. The summed E-state index contributed by atoms with van der Waals surface area (Å²) in [6, 6.07) is 8.35. The van der Waals surface area contributed by atoms with Crippen LogP contribution >= 0.6 is 0 Å². The minimum absolute atomic E-state index is 0.279. The van der Waals surface area contributed by atoms with E-state index < -0.39 is 0 Å². The minimum Gasteiger partial charge on any atom is -0.399 e. The van der Waals surface area contributed by atoms with E-state index in [1.807, 2.05) is 0 Å². The van der Waals surface area contributed by atoms with Crippen molar-refractivity contribution in [1.29, 1.82) is 0 Å². The van der Waals surface area contributed by atoms with Gasteiger partial charge < -0.3 is 14.0 Å². The average Bonchev–Trinajstić information content (AvgIpc) is 3.16. The number of rotatable bonds is 4. The van der Waals surface area contributed by atoms with E-state index in [0.717, 1.165) is 5.46 Å². The van der Waals surface area contributed by atoms with Crippen LogP contribution < -0.4 is 5.46 Å². The van der Waals surface area contributed by atoms with Crippen molar-refractivity contribution in [2.45, 2.75) is 64.4 Å². The molecule has 1 aliphatic heterocycles. The molecule has 3 rings (SSSR count). The van der Waals surface area contributed by atoms with Crippen molar-refractivity contribution in [3.05, 3.63) is 29.8 Å². The molecule has 4 heteroatoms. The number of hydrogen-bond donors (Lipinski definition) is 0. The lowest BCUT2D eigenvalue weighted by atomic mass is 9.79. The van der Waals surface area contributed by atoms with Gasteiger partial charge in [-0.2, -0.15) is 0 Å². The number of ether oxygens (including phenoxy) is 1. The van der Waals surface area contributed by atoms with E-state index in [-0.39, 0.29) is 18.3 Å². The van der Waals surface area contributed by atoms with Gasteiger partial charge in [-0.15, -0.1) is 0 Å². The molecule has 1 saturated heterocycles. The van der Waals surface area contributed by atoms with E-state index >= 15 is 0 Å². The van der Waals surface area contributed by atoms with Crippen LogP contribution in [0.15, 0.2) is 24.3 Å². The standard InChI is InChI=1S/C16H23BO3/c1-15(2)16(3,4)20-17(19-15)13-7-5-12(6-8-13)11-18-14-9-10-14/h5-8,14H,9-11H2,1-4H3. The summed E-state index contributed by atoms with van der Waals surface area (Å²) in [5, 5.41) is 0. The van der Waals surface area contributed by atoms with Crippen molar-refractivity contribution in [2.75, 3.05) is 0 Å². The fourth-order valence-electron chi connectivity index (χ4n) is 2.20. The Balaban J connectivity index is 1.65. The zero-order chi connectivity index (χ0) is 14.4. The highest BCUT2D eigenvalue weighted by Gasteiger charge is 2.51. The molecule has 0 bridgehead atoms. The van der Waals surface area contributed by atoms with Gasteiger partial charge in [-0.3, -0.25) is 0 Å². The number of benzene rings is 1. The maximum Gasteiger partial charge on any atom is 0.494 e. The van der Waals surface area contributed by atoms with Crippen LogP contribution in [0.1, 0.15) is 46.1 Å². The van der Waals surface area contributed by atoms with Gasteiger partial charge in [0.1, 0.15) is 0 Å². The van der Waals surface area contributed by atoms with Crippen molar-refractivity contribution in [3.63, 3.8) is 0 Å². The second-order valence-corrected chi connectivity index (χ2v) is 6.84. The molecule has 1 aliphatic carbocycles. The first-order chi connectivity index (χ1) is 9.37. The van der Waals surface area contributed by atoms with E-state index in [1.165, 1.54) is 18.4 Å². The smallest absolute Gasteiger partial charge is 0.399 e. The second kappa shape index (κ2) is 4.87. The fourth-order valence-corrected chi connectivity index (χ4v) is 2.20. The van der Waals surface area contributed by atoms with Gasteiger partial charge >= 0.3 is 7.12 Å². The third-order valence-corrected chi connectivity index (χ3v) is 4.52. The summed E-state index contributed by atoms with van der Waals surface area (Å²) in [6.45, 7) is 9.00. The highest BCUT2D eigenvalue weighted by Crippen LogP contribution is 2.36. The van der Waals surface area contributed by atoms with Crippen LogP contribution in [0, 0.1) is 0 Å². The fraction of sp³-hybridized carbons (Fsp3) is 0.625. The highest BCUT2D eigenvalue weighted by atomic mass is 16.7. The van der Waals surface area contributed by atoms with Crippen LogP contribution in [0.3, 0.4) is 0 Å². The van der Waals surface area contributed by atoms with E-state index in [9.17, 15) is 0 Å². The van der Waals surface area contributed by atoms with Crippen molar-refractivity contribution in [2.24, 2.45) is 0 Å². The molecule has 3 nitrogen and oxygen atoms in total. The Kier molecular flexibility index (Phi) is 3.43. The van der Waals surface area contributed by atoms with E-state index in [2.05, 4.69) is 52.0 Å². The van der Waals surface area contributed by atoms with Gasteiger partial charge in [-0.05, 0) is 51.6 Å². The van der Waals surface area contributed by atoms with Crippen LogP contribution in [0.2, 0.25) is 0 Å². The third-order valence-electron chi connectivity index (χ3n) is 4.52. The van der Waals surface area contributed by atoms with E-state index in [1.54, 1.807) is 0 Å². The molecule has 0 atom stereocenters. The quantitative estimate of drug-likeness (QED) is 0.790. The molecule has 2 fully saturated rings. The Morgan fingerprint density at radius 2 is 1.60 bits per heavy atom. The Morgan fingerprint density at radius 1 is 1.05 bits per heavy atom. The minimum atomic E-state index is -0.286. The largest absolute Gasteiger partial charge is 0.494 e. The first-order valence-electron chi connectivity index (χ1n) is 7.43. The van der Waals surface area contributed by atoms with Crippen LogP contribution in [-0.4, -0.2) is 24.4 Å². The summed E-state index contributed by atoms with van der Waals surface area (Å²) in [6.07, 6.45) is 2.93. The number of hydrogen-bond acceptors (Lipinski definition) is 3. The van der Waals surface area contributed by atoms with Crippen molar-refractivity contribution >= 4 is 12.6 Å². The van der Waals surface area contributed by atoms with Crippen molar-refractivity contribution in [3.8, 4) is 0 Å². The Morgan fingerprint density at radius 3 is 2.10 bits per heavy atom. The Labute approximate surface area is 121 Å². The molecule has 0 amide bonds. The van der Waals surface area contributed by atoms with E-state index in [0.29, 0.717) is 12.7 Å². The highest BCUT2D eigenvalue weighted by molar-refractivity contribution is 6.62. The molecule has 20 heavy (non-hydrogen) atoms. The lowest BCUT2D eigenvalue weighted by molar-refractivity contribution is 0.00578. The molecule has 1 aromatic rings. The third kappa shape index (κ3) is 2.78. The maximum absolute atomic E-state index is 6.04. The monoisotopic (exact) mass is 274 g/mol. The molecule has 0 N–H and O–H groups in total. The van der Waals surface area contributed by atoms with Gasteiger partial charge in [-0.1, -0.05) is 24.3 Å². The summed E-state index contributed by atoms with van der Waals surface area (Å²) in [5.74, 6) is 0. The molecule has 0 unspecified atom stereocenters. The lowest BCUT2D eigenvalue weighted by Gasteiger charge is -2.32. The van der Waals surface area contributed by atoms with Crippen molar-refractivity contribution < 1.29 is 14.0 Å². The van der Waals surface area contributed by atoms with Gasteiger partial charge in [-0.25, -0.2) is 0 Å². The van der Waals surface area contributed by atoms with Crippen molar-refractivity contribution in [1.82, 2.24) is 0 Å². The van der Waals surface area contributed by atoms with Crippen LogP contribution in [0.5, 0.6) is 0 Å². The van der Waals surface area contributed by atoms with Crippen LogP contribution in [0.25, 0.3) is 0 Å². The molecule has 108 valence electrons. The molecule has 0 radical (unpaired) electrons. The van der Waals surface area contributed by atoms with Crippen LogP contribution in [0.4, 0.5) is 0 Å². The predicted octanol–water partition coefficient (Wildman–Crippen LogP) is 2.66. The first-order valence-corrected chi connectivity index (χ1v) is 7.43.